The number of hydrogen-bond acceptors (Lipinski definition) is 3. The maximum absolute atomic E-state index is 11.8. The van der Waals surface area contributed by atoms with E-state index in [0.29, 0.717) is 5.92 Å². The van der Waals surface area contributed by atoms with Gasteiger partial charge >= 0.3 is 0 Å². The van der Waals surface area contributed by atoms with Crippen molar-refractivity contribution >= 4 is 5.65 Å². The molecule has 0 aliphatic carbocycles. The van der Waals surface area contributed by atoms with Gasteiger partial charge in [0.1, 0.15) is 11.5 Å². The SMILES string of the molecule is O=c1cccc2[nH]nc(C3CCCNC3)n12. The maximum atomic E-state index is 11.8. The van der Waals surface area contributed by atoms with Crippen LogP contribution in [-0.4, -0.2) is 27.7 Å². The van der Waals surface area contributed by atoms with Gasteiger partial charge in [0.15, 0.2) is 0 Å². The zero-order chi connectivity index (χ0) is 11.0. The molecule has 1 aliphatic heterocycles. The highest BCUT2D eigenvalue weighted by atomic mass is 16.1. The molecular weight excluding hydrogens is 204 g/mol. The van der Waals surface area contributed by atoms with Crippen LogP contribution in [0.5, 0.6) is 0 Å². The molecule has 0 saturated carbocycles. The fourth-order valence-corrected chi connectivity index (χ4v) is 2.32. The molecule has 1 unspecified atom stereocenters. The summed E-state index contributed by atoms with van der Waals surface area (Å²) in [6, 6.07) is 5.19. The molecular formula is C11H14N4O. The van der Waals surface area contributed by atoms with Crippen LogP contribution in [0.15, 0.2) is 23.0 Å². The van der Waals surface area contributed by atoms with Crippen molar-refractivity contribution in [1.29, 1.82) is 0 Å². The van der Waals surface area contributed by atoms with Crippen molar-refractivity contribution in [2.75, 3.05) is 13.1 Å². The van der Waals surface area contributed by atoms with E-state index in [4.69, 9.17) is 0 Å². The highest BCUT2D eigenvalue weighted by molar-refractivity contribution is 5.37. The zero-order valence-electron chi connectivity index (χ0n) is 8.94. The van der Waals surface area contributed by atoms with Gasteiger partial charge < -0.3 is 5.32 Å². The molecule has 5 heteroatoms. The highest BCUT2D eigenvalue weighted by Crippen LogP contribution is 2.20. The number of rotatable bonds is 1. The molecule has 1 aliphatic rings. The van der Waals surface area contributed by atoms with Gasteiger partial charge in [0.05, 0.1) is 0 Å². The summed E-state index contributed by atoms with van der Waals surface area (Å²) >= 11 is 0. The van der Waals surface area contributed by atoms with Gasteiger partial charge in [-0.25, -0.2) is 4.40 Å². The first-order valence-electron chi connectivity index (χ1n) is 5.63. The average molecular weight is 218 g/mol. The third-order valence-electron chi connectivity index (χ3n) is 3.13. The molecule has 2 N–H and O–H groups in total. The highest BCUT2D eigenvalue weighted by Gasteiger charge is 2.20. The van der Waals surface area contributed by atoms with Crippen LogP contribution < -0.4 is 10.9 Å². The fourth-order valence-electron chi connectivity index (χ4n) is 2.32. The Morgan fingerprint density at radius 3 is 3.19 bits per heavy atom. The van der Waals surface area contributed by atoms with E-state index in [2.05, 4.69) is 15.5 Å². The average Bonchev–Trinajstić information content (AvgIpc) is 2.75. The van der Waals surface area contributed by atoms with Gasteiger partial charge in [0.2, 0.25) is 0 Å². The number of hydrogen-bond donors (Lipinski definition) is 2. The summed E-state index contributed by atoms with van der Waals surface area (Å²) in [5, 5.41) is 10.5. The van der Waals surface area contributed by atoms with Crippen molar-refractivity contribution in [3.8, 4) is 0 Å². The predicted octanol–water partition coefficient (Wildman–Crippen LogP) is 0.490. The summed E-state index contributed by atoms with van der Waals surface area (Å²) in [7, 11) is 0. The van der Waals surface area contributed by atoms with Gasteiger partial charge in [-0.2, -0.15) is 5.10 Å². The third-order valence-corrected chi connectivity index (χ3v) is 3.13. The number of H-pyrrole nitrogens is 1. The first-order chi connectivity index (χ1) is 7.86. The lowest BCUT2D eigenvalue weighted by Gasteiger charge is -2.20. The monoisotopic (exact) mass is 218 g/mol. The Bertz CT molecular complexity index is 550. The van der Waals surface area contributed by atoms with E-state index in [-0.39, 0.29) is 5.56 Å². The van der Waals surface area contributed by atoms with Gasteiger partial charge in [-0.1, -0.05) is 6.07 Å². The van der Waals surface area contributed by atoms with Crippen LogP contribution in [-0.2, 0) is 0 Å². The third kappa shape index (κ3) is 1.44. The number of aromatic nitrogens is 3. The Hall–Kier alpha value is -1.62. The van der Waals surface area contributed by atoms with Crippen molar-refractivity contribution in [2.24, 2.45) is 0 Å². The first kappa shape index (κ1) is 9.59. The smallest absolute Gasteiger partial charge is 0.257 e. The lowest BCUT2D eigenvalue weighted by molar-refractivity contribution is 0.443. The molecule has 1 saturated heterocycles. The number of fused-ring (bicyclic) bond motifs is 1. The van der Waals surface area contributed by atoms with E-state index in [0.717, 1.165) is 37.4 Å². The summed E-state index contributed by atoms with van der Waals surface area (Å²) in [4.78, 5) is 11.8. The molecule has 0 bridgehead atoms. The molecule has 0 spiro atoms. The predicted molar refractivity (Wildman–Crippen MR) is 60.7 cm³/mol. The van der Waals surface area contributed by atoms with Crippen LogP contribution in [0.1, 0.15) is 24.6 Å². The molecule has 5 nitrogen and oxygen atoms in total. The Morgan fingerprint density at radius 1 is 1.44 bits per heavy atom. The normalized spacial score (nSPS) is 21.4. The van der Waals surface area contributed by atoms with Crippen molar-refractivity contribution < 1.29 is 0 Å². The minimum absolute atomic E-state index is 0.00757. The Balaban J connectivity index is 2.12. The Morgan fingerprint density at radius 2 is 2.38 bits per heavy atom. The van der Waals surface area contributed by atoms with E-state index >= 15 is 0 Å². The van der Waals surface area contributed by atoms with Gasteiger partial charge in [0, 0.05) is 18.5 Å². The molecule has 0 radical (unpaired) electrons. The van der Waals surface area contributed by atoms with Crippen LogP contribution in [0.3, 0.4) is 0 Å². The number of aromatic amines is 1. The second kappa shape index (κ2) is 3.75. The zero-order valence-corrected chi connectivity index (χ0v) is 8.94. The summed E-state index contributed by atoms with van der Waals surface area (Å²) in [6.07, 6.45) is 2.23. The molecule has 0 amide bonds. The van der Waals surface area contributed by atoms with Crippen LogP contribution in [0.25, 0.3) is 5.65 Å². The van der Waals surface area contributed by atoms with Gasteiger partial charge in [0.25, 0.3) is 5.56 Å². The van der Waals surface area contributed by atoms with E-state index in [1.807, 2.05) is 6.07 Å². The quantitative estimate of drug-likeness (QED) is 0.732. The summed E-state index contributed by atoms with van der Waals surface area (Å²) in [5.41, 5.74) is 0.764. The number of nitrogens with zero attached hydrogens (tertiary/aromatic N) is 2. The van der Waals surface area contributed by atoms with Crippen molar-refractivity contribution in [3.63, 3.8) is 0 Å². The van der Waals surface area contributed by atoms with Crippen molar-refractivity contribution in [3.05, 3.63) is 34.4 Å². The second-order valence-electron chi connectivity index (χ2n) is 4.21. The molecule has 16 heavy (non-hydrogen) atoms. The standard InChI is InChI=1S/C11H14N4O/c16-10-5-1-4-9-13-14-11(15(9)10)8-3-2-6-12-7-8/h1,4-5,8,12-13H,2-3,6-7H2. The number of pyridine rings is 1. The molecule has 1 fully saturated rings. The number of nitrogens with one attached hydrogen (secondary N) is 2. The molecule has 1 atom stereocenters. The Labute approximate surface area is 92.5 Å². The summed E-state index contributed by atoms with van der Waals surface area (Å²) in [5.74, 6) is 1.19. The van der Waals surface area contributed by atoms with Crippen molar-refractivity contribution in [1.82, 2.24) is 19.9 Å². The fraction of sp³-hybridized carbons (Fsp3) is 0.455. The van der Waals surface area contributed by atoms with Crippen molar-refractivity contribution in [2.45, 2.75) is 18.8 Å². The molecule has 3 heterocycles. The van der Waals surface area contributed by atoms with Crippen LogP contribution >= 0.6 is 0 Å². The van der Waals surface area contributed by atoms with Gasteiger partial charge in [-0.15, -0.1) is 0 Å². The minimum Gasteiger partial charge on any atom is -0.316 e. The lowest BCUT2D eigenvalue weighted by atomic mass is 9.99. The largest absolute Gasteiger partial charge is 0.316 e. The lowest BCUT2D eigenvalue weighted by Crippen LogP contribution is -2.30. The number of piperidine rings is 1. The molecule has 0 aromatic carbocycles. The van der Waals surface area contributed by atoms with E-state index < -0.39 is 0 Å². The topological polar surface area (TPSA) is 62.2 Å². The van der Waals surface area contributed by atoms with Crippen LogP contribution in [0, 0.1) is 0 Å². The van der Waals surface area contributed by atoms with Crippen LogP contribution in [0.4, 0.5) is 0 Å². The van der Waals surface area contributed by atoms with E-state index in [1.165, 1.54) is 0 Å². The minimum atomic E-state index is -0.00757. The van der Waals surface area contributed by atoms with E-state index in [9.17, 15) is 4.79 Å². The molecule has 2 aromatic heterocycles. The second-order valence-corrected chi connectivity index (χ2v) is 4.21. The Kier molecular flexibility index (Phi) is 2.25. The molecule has 84 valence electrons. The first-order valence-corrected chi connectivity index (χ1v) is 5.63. The molecule has 3 rings (SSSR count). The van der Waals surface area contributed by atoms with E-state index in [1.54, 1.807) is 16.5 Å². The van der Waals surface area contributed by atoms with Gasteiger partial charge in [-0.05, 0) is 25.5 Å². The summed E-state index contributed by atoms with van der Waals surface area (Å²) in [6.45, 7) is 1.97. The van der Waals surface area contributed by atoms with Gasteiger partial charge in [-0.3, -0.25) is 9.89 Å². The van der Waals surface area contributed by atoms with Crippen LogP contribution in [0.2, 0.25) is 0 Å². The molecule has 2 aromatic rings. The maximum Gasteiger partial charge on any atom is 0.257 e. The summed E-state index contributed by atoms with van der Waals surface area (Å²) < 4.78 is 1.68.